The lowest BCUT2D eigenvalue weighted by Gasteiger charge is -2.14. The van der Waals surface area contributed by atoms with Gasteiger partial charge in [0, 0.05) is 41.7 Å². The summed E-state index contributed by atoms with van der Waals surface area (Å²) in [5, 5.41) is 11.8. The molecule has 1 aliphatic heterocycles. The fraction of sp³-hybridized carbons (Fsp3) is 0.217. The van der Waals surface area contributed by atoms with Crippen molar-refractivity contribution in [3.63, 3.8) is 0 Å². The van der Waals surface area contributed by atoms with Gasteiger partial charge in [0.2, 0.25) is 5.91 Å². The predicted octanol–water partition coefficient (Wildman–Crippen LogP) is 4.76. The molecular weight excluding hydrogens is 396 g/mol. The largest absolute Gasteiger partial charge is 0.454 e. The first-order chi connectivity index (χ1) is 14.7. The molecule has 0 spiro atoms. The van der Waals surface area contributed by atoms with Gasteiger partial charge in [-0.2, -0.15) is 5.10 Å². The van der Waals surface area contributed by atoms with Crippen LogP contribution in [0.3, 0.4) is 0 Å². The molecule has 4 aromatic rings. The first-order valence-corrected chi connectivity index (χ1v) is 10.8. The molecule has 6 nitrogen and oxygen atoms in total. The molecule has 3 heterocycles. The number of aromatic nitrogens is 2. The maximum absolute atomic E-state index is 12.3. The number of nitrogens with zero attached hydrogens (tertiary/aromatic N) is 2. The fourth-order valence-corrected chi connectivity index (χ4v) is 4.96. The van der Waals surface area contributed by atoms with Gasteiger partial charge in [-0.3, -0.25) is 9.89 Å². The van der Waals surface area contributed by atoms with Crippen molar-refractivity contribution in [2.24, 2.45) is 0 Å². The van der Waals surface area contributed by atoms with Crippen LogP contribution in [0.5, 0.6) is 0 Å². The molecule has 152 valence electrons. The molecule has 2 aromatic heterocycles. The lowest BCUT2D eigenvalue weighted by molar-refractivity contribution is -0.126. The van der Waals surface area contributed by atoms with E-state index in [2.05, 4.69) is 21.6 Å². The van der Waals surface area contributed by atoms with E-state index in [1.807, 2.05) is 61.8 Å². The zero-order valence-corrected chi connectivity index (χ0v) is 17.4. The topological polar surface area (TPSA) is 74.2 Å². The summed E-state index contributed by atoms with van der Waals surface area (Å²) in [5.74, 6) is 0.976. The van der Waals surface area contributed by atoms with Gasteiger partial charge in [0.15, 0.2) is 5.76 Å². The van der Waals surface area contributed by atoms with Crippen LogP contribution in [0.2, 0.25) is 0 Å². The summed E-state index contributed by atoms with van der Waals surface area (Å²) in [5.41, 5.74) is 3.76. The number of nitrogens with one attached hydrogen (secondary N) is 2. The van der Waals surface area contributed by atoms with Crippen LogP contribution in [0, 0.1) is 0 Å². The Balaban J connectivity index is 1.34. The standard InChI is InChI=1S/C23H22N4O2S/c1-27-11-10-21(23(27)28)30-20-9-5-3-7-17(20)24-13-16-14-25-26-22(16)19-12-15-6-2-4-8-18(15)29-19/h2-9,12,14,21,24H,10-11,13H2,1H3,(H,25,26). The van der Waals surface area contributed by atoms with Gasteiger partial charge in [0.05, 0.1) is 11.4 Å². The van der Waals surface area contributed by atoms with Crippen LogP contribution in [-0.2, 0) is 11.3 Å². The smallest absolute Gasteiger partial charge is 0.235 e. The molecule has 30 heavy (non-hydrogen) atoms. The summed E-state index contributed by atoms with van der Waals surface area (Å²) in [6, 6.07) is 18.1. The minimum atomic E-state index is -0.0158. The summed E-state index contributed by atoms with van der Waals surface area (Å²) in [7, 11) is 1.87. The van der Waals surface area contributed by atoms with Crippen LogP contribution in [0.1, 0.15) is 12.0 Å². The molecule has 2 N–H and O–H groups in total. The summed E-state index contributed by atoms with van der Waals surface area (Å²) < 4.78 is 5.99. The Hall–Kier alpha value is -3.19. The van der Waals surface area contributed by atoms with Crippen molar-refractivity contribution < 1.29 is 9.21 Å². The number of amides is 1. The third kappa shape index (κ3) is 3.57. The molecule has 0 aliphatic carbocycles. The van der Waals surface area contributed by atoms with E-state index in [0.717, 1.165) is 51.5 Å². The molecule has 1 fully saturated rings. The molecule has 1 atom stereocenters. The Morgan fingerprint density at radius 2 is 2.07 bits per heavy atom. The number of carbonyl (C=O) groups excluding carboxylic acids is 1. The van der Waals surface area contributed by atoms with Crippen LogP contribution < -0.4 is 5.32 Å². The second kappa shape index (κ2) is 7.91. The van der Waals surface area contributed by atoms with Crippen molar-refractivity contribution in [1.82, 2.24) is 15.1 Å². The SMILES string of the molecule is CN1CCC(Sc2ccccc2NCc2cn[nH]c2-c2cc3ccccc3o2)C1=O. The third-order valence-corrected chi connectivity index (χ3v) is 6.73. The van der Waals surface area contributed by atoms with E-state index in [1.165, 1.54) is 0 Å². The van der Waals surface area contributed by atoms with Crippen molar-refractivity contribution in [3.05, 3.63) is 66.4 Å². The van der Waals surface area contributed by atoms with Gasteiger partial charge in [0.25, 0.3) is 0 Å². The number of furan rings is 1. The van der Waals surface area contributed by atoms with Crippen LogP contribution in [0.4, 0.5) is 5.69 Å². The number of aromatic amines is 1. The summed E-state index contributed by atoms with van der Waals surface area (Å²) >= 11 is 1.63. The van der Waals surface area contributed by atoms with Crippen LogP contribution >= 0.6 is 11.8 Å². The van der Waals surface area contributed by atoms with Crippen molar-refractivity contribution >= 4 is 34.3 Å². The monoisotopic (exact) mass is 418 g/mol. The van der Waals surface area contributed by atoms with E-state index in [1.54, 1.807) is 16.7 Å². The zero-order chi connectivity index (χ0) is 20.5. The number of likely N-dealkylation sites (tertiary alicyclic amines) is 1. The Morgan fingerprint density at radius 3 is 2.90 bits per heavy atom. The minimum Gasteiger partial charge on any atom is -0.454 e. The van der Waals surface area contributed by atoms with E-state index in [0.29, 0.717) is 6.54 Å². The maximum atomic E-state index is 12.3. The van der Waals surface area contributed by atoms with E-state index >= 15 is 0 Å². The molecule has 0 saturated carbocycles. The summed E-state index contributed by atoms with van der Waals surface area (Å²) in [6.07, 6.45) is 2.70. The molecule has 7 heteroatoms. The lowest BCUT2D eigenvalue weighted by atomic mass is 10.2. The van der Waals surface area contributed by atoms with Crippen LogP contribution in [-0.4, -0.2) is 39.8 Å². The van der Waals surface area contributed by atoms with E-state index in [4.69, 9.17) is 4.42 Å². The Labute approximate surface area is 178 Å². The molecule has 1 aliphatic rings. The normalized spacial score (nSPS) is 16.5. The van der Waals surface area contributed by atoms with Crippen molar-refractivity contribution in [1.29, 1.82) is 0 Å². The van der Waals surface area contributed by atoms with Gasteiger partial charge in [-0.25, -0.2) is 0 Å². The molecule has 2 aromatic carbocycles. The van der Waals surface area contributed by atoms with E-state index in [9.17, 15) is 4.79 Å². The van der Waals surface area contributed by atoms with Gasteiger partial charge in [-0.05, 0) is 30.7 Å². The number of H-pyrrole nitrogens is 1. The highest BCUT2D eigenvalue weighted by Crippen LogP contribution is 2.35. The highest BCUT2D eigenvalue weighted by molar-refractivity contribution is 8.00. The third-order valence-electron chi connectivity index (χ3n) is 5.39. The number of thioether (sulfide) groups is 1. The number of rotatable bonds is 6. The molecule has 1 unspecified atom stereocenters. The average molecular weight is 419 g/mol. The van der Waals surface area contributed by atoms with Gasteiger partial charge < -0.3 is 14.6 Å². The number of fused-ring (bicyclic) bond motifs is 1. The zero-order valence-electron chi connectivity index (χ0n) is 16.6. The number of hydrogen-bond acceptors (Lipinski definition) is 5. The number of hydrogen-bond donors (Lipinski definition) is 2. The summed E-state index contributed by atoms with van der Waals surface area (Å²) in [4.78, 5) is 15.2. The first-order valence-electron chi connectivity index (χ1n) is 9.95. The number of para-hydroxylation sites is 2. The molecule has 5 rings (SSSR count). The van der Waals surface area contributed by atoms with Crippen molar-refractivity contribution in [2.45, 2.75) is 23.1 Å². The first kappa shape index (κ1) is 18.8. The second-order valence-corrected chi connectivity index (χ2v) is 8.67. The Morgan fingerprint density at radius 1 is 1.23 bits per heavy atom. The second-order valence-electron chi connectivity index (χ2n) is 7.42. The molecule has 0 radical (unpaired) electrons. The highest BCUT2D eigenvalue weighted by Gasteiger charge is 2.30. The fourth-order valence-electron chi connectivity index (χ4n) is 3.72. The summed E-state index contributed by atoms with van der Waals surface area (Å²) in [6.45, 7) is 1.42. The predicted molar refractivity (Wildman–Crippen MR) is 119 cm³/mol. The van der Waals surface area contributed by atoms with Crippen LogP contribution in [0.25, 0.3) is 22.4 Å². The van der Waals surface area contributed by atoms with E-state index in [-0.39, 0.29) is 11.2 Å². The number of benzene rings is 2. The van der Waals surface area contributed by atoms with Crippen molar-refractivity contribution in [3.8, 4) is 11.5 Å². The maximum Gasteiger partial charge on any atom is 0.235 e. The lowest BCUT2D eigenvalue weighted by Crippen LogP contribution is -2.23. The Bertz CT molecular complexity index is 1170. The number of anilines is 1. The molecule has 0 bridgehead atoms. The van der Waals surface area contributed by atoms with Crippen LogP contribution in [0.15, 0.2) is 70.1 Å². The van der Waals surface area contributed by atoms with Gasteiger partial charge in [0.1, 0.15) is 11.3 Å². The Kier molecular flexibility index (Phi) is 4.96. The molecule has 1 saturated heterocycles. The number of carbonyl (C=O) groups is 1. The quantitative estimate of drug-likeness (QED) is 0.472. The molecular formula is C23H22N4O2S. The average Bonchev–Trinajstić information content (AvgIpc) is 3.48. The van der Waals surface area contributed by atoms with E-state index < -0.39 is 0 Å². The highest BCUT2D eigenvalue weighted by atomic mass is 32.2. The molecule has 1 amide bonds. The van der Waals surface area contributed by atoms with Crippen molar-refractivity contribution in [2.75, 3.05) is 18.9 Å². The van der Waals surface area contributed by atoms with Gasteiger partial charge in [-0.15, -0.1) is 11.8 Å². The van der Waals surface area contributed by atoms with Gasteiger partial charge >= 0.3 is 0 Å². The minimum absolute atomic E-state index is 0.0158. The van der Waals surface area contributed by atoms with Gasteiger partial charge in [-0.1, -0.05) is 30.3 Å².